The molecule has 0 saturated carbocycles. The number of hydrogen-bond donors (Lipinski definition) is 2. The second-order valence-electron chi connectivity index (χ2n) is 2.09. The molecule has 0 rings (SSSR count). The first kappa shape index (κ1) is 9.61. The molecule has 0 spiro atoms. The third kappa shape index (κ3) is 3.34. The number of amides is 1. The van der Waals surface area contributed by atoms with Crippen molar-refractivity contribution in [1.29, 1.82) is 0 Å². The number of nitrogens with one attached hydrogen (secondary N) is 1. The molecule has 62 valence electrons. The van der Waals surface area contributed by atoms with Gasteiger partial charge < -0.3 is 10.4 Å². The Morgan fingerprint density at radius 3 is 2.09 bits per heavy atom. The molecule has 0 aliphatic heterocycles. The van der Waals surface area contributed by atoms with Crippen LogP contribution < -0.4 is 5.32 Å². The fourth-order valence-corrected chi connectivity index (χ4v) is 0.360. The molecule has 0 bridgehead atoms. The van der Waals surface area contributed by atoms with E-state index >= 15 is 0 Å². The van der Waals surface area contributed by atoms with E-state index in [1.807, 2.05) is 5.32 Å². The summed E-state index contributed by atoms with van der Waals surface area (Å²) in [6.07, 6.45) is 0. The summed E-state index contributed by atoms with van der Waals surface area (Å²) in [5.74, 6) is -2.74. The van der Waals surface area contributed by atoms with Gasteiger partial charge in [0.15, 0.2) is 0 Å². The Balaban J connectivity index is 3.95. The van der Waals surface area contributed by atoms with Crippen LogP contribution in [0.4, 0.5) is 0 Å². The lowest BCUT2D eigenvalue weighted by Gasteiger charge is -2.05. The van der Waals surface area contributed by atoms with Crippen molar-refractivity contribution in [3.8, 4) is 0 Å². The molecule has 2 N–H and O–H groups in total. The molecule has 0 heterocycles. The van der Waals surface area contributed by atoms with Gasteiger partial charge in [-0.15, -0.1) is 0 Å². The zero-order valence-electron chi connectivity index (χ0n) is 6.25. The predicted octanol–water partition coefficient (Wildman–Crippen LogP) is -0.835. The zero-order chi connectivity index (χ0) is 9.02. The van der Waals surface area contributed by atoms with Crippen molar-refractivity contribution in [1.82, 2.24) is 5.32 Å². The minimum atomic E-state index is -1.17. The summed E-state index contributed by atoms with van der Waals surface area (Å²) >= 11 is 0. The van der Waals surface area contributed by atoms with Crippen molar-refractivity contribution < 1.29 is 19.5 Å². The minimum absolute atomic E-state index is 0.696. The average Bonchev–Trinajstić information content (AvgIpc) is 1.87. The summed E-state index contributed by atoms with van der Waals surface area (Å²) in [5.41, 5.74) is 0. The number of carbonyl (C=O) groups excluding carboxylic acids is 2. The molecule has 1 amide bonds. The van der Waals surface area contributed by atoms with Crippen LogP contribution in [0.5, 0.6) is 0 Å². The van der Waals surface area contributed by atoms with Crippen LogP contribution in [0.15, 0.2) is 0 Å². The van der Waals surface area contributed by atoms with Gasteiger partial charge in [-0.3, -0.25) is 14.4 Å². The van der Waals surface area contributed by atoms with Crippen molar-refractivity contribution in [3.05, 3.63) is 0 Å². The highest BCUT2D eigenvalue weighted by Crippen LogP contribution is 1.81. The number of ketones is 1. The quantitative estimate of drug-likeness (QED) is 0.526. The maximum Gasteiger partial charge on any atom is 0.325 e. The van der Waals surface area contributed by atoms with Gasteiger partial charge >= 0.3 is 5.97 Å². The van der Waals surface area contributed by atoms with Gasteiger partial charge in [-0.2, -0.15) is 0 Å². The third-order valence-electron chi connectivity index (χ3n) is 1.04. The molecule has 0 aromatic heterocycles. The lowest BCUT2D eigenvalue weighted by molar-refractivity contribution is -0.143. The van der Waals surface area contributed by atoms with Crippen LogP contribution in [0.3, 0.4) is 0 Å². The molecule has 0 aromatic rings. The van der Waals surface area contributed by atoms with Gasteiger partial charge in [0.1, 0.15) is 6.04 Å². The van der Waals surface area contributed by atoms with Gasteiger partial charge in [-0.25, -0.2) is 0 Å². The fourth-order valence-electron chi connectivity index (χ4n) is 0.360. The topological polar surface area (TPSA) is 83.5 Å². The zero-order valence-corrected chi connectivity index (χ0v) is 6.25. The Hall–Kier alpha value is -1.39. The van der Waals surface area contributed by atoms with E-state index in [1.54, 1.807) is 0 Å². The van der Waals surface area contributed by atoms with Gasteiger partial charge in [0, 0.05) is 6.92 Å². The highest BCUT2D eigenvalue weighted by molar-refractivity contribution is 6.35. The molecule has 1 unspecified atom stereocenters. The lowest BCUT2D eigenvalue weighted by Crippen LogP contribution is -2.41. The molecular formula is C6H9NO4. The van der Waals surface area contributed by atoms with Crippen LogP contribution in [0, 0.1) is 0 Å². The second-order valence-corrected chi connectivity index (χ2v) is 2.09. The summed E-state index contributed by atoms with van der Waals surface area (Å²) in [6, 6.07) is -1.02. The second kappa shape index (κ2) is 3.70. The normalized spacial score (nSPS) is 11.8. The lowest BCUT2D eigenvalue weighted by atomic mass is 10.3. The van der Waals surface area contributed by atoms with Crippen LogP contribution in [0.1, 0.15) is 13.8 Å². The molecular weight excluding hydrogens is 150 g/mol. The van der Waals surface area contributed by atoms with Crippen LogP contribution in [-0.4, -0.2) is 28.8 Å². The van der Waals surface area contributed by atoms with Crippen molar-refractivity contribution in [2.24, 2.45) is 0 Å². The molecule has 0 saturated heterocycles. The van der Waals surface area contributed by atoms with E-state index in [0.717, 1.165) is 6.92 Å². The van der Waals surface area contributed by atoms with Crippen LogP contribution in [0.2, 0.25) is 0 Å². The summed E-state index contributed by atoms with van der Waals surface area (Å²) in [6.45, 7) is 2.35. The molecule has 0 aliphatic carbocycles. The number of Topliss-reactive ketones (excluding diaryl/α,β-unsaturated/α-hetero) is 1. The van der Waals surface area contributed by atoms with Crippen LogP contribution >= 0.6 is 0 Å². The fraction of sp³-hybridized carbons (Fsp3) is 0.500. The number of aliphatic carboxylic acids is 1. The van der Waals surface area contributed by atoms with E-state index in [9.17, 15) is 14.4 Å². The molecule has 0 fully saturated rings. The first-order valence-electron chi connectivity index (χ1n) is 2.99. The van der Waals surface area contributed by atoms with Gasteiger partial charge in [0.25, 0.3) is 5.91 Å². The van der Waals surface area contributed by atoms with E-state index in [4.69, 9.17) is 5.11 Å². The Morgan fingerprint density at radius 2 is 1.82 bits per heavy atom. The summed E-state index contributed by atoms with van der Waals surface area (Å²) in [5, 5.41) is 10.3. The van der Waals surface area contributed by atoms with Gasteiger partial charge in [0.05, 0.1) is 0 Å². The molecule has 1 atom stereocenters. The van der Waals surface area contributed by atoms with Crippen LogP contribution in [0.25, 0.3) is 0 Å². The van der Waals surface area contributed by atoms with Crippen molar-refractivity contribution in [2.75, 3.05) is 0 Å². The van der Waals surface area contributed by atoms with Gasteiger partial charge in [0.2, 0.25) is 5.78 Å². The van der Waals surface area contributed by atoms with Gasteiger partial charge in [-0.1, -0.05) is 0 Å². The Kier molecular flexibility index (Phi) is 3.23. The van der Waals surface area contributed by atoms with E-state index in [-0.39, 0.29) is 0 Å². The first-order chi connectivity index (χ1) is 4.95. The largest absolute Gasteiger partial charge is 0.480 e. The monoisotopic (exact) mass is 159 g/mol. The molecule has 5 heteroatoms. The minimum Gasteiger partial charge on any atom is -0.480 e. The number of carboxylic acids is 1. The molecule has 0 aliphatic rings. The van der Waals surface area contributed by atoms with E-state index < -0.39 is 23.7 Å². The molecule has 5 nitrogen and oxygen atoms in total. The third-order valence-corrected chi connectivity index (χ3v) is 1.04. The van der Waals surface area contributed by atoms with Crippen molar-refractivity contribution >= 4 is 17.7 Å². The average molecular weight is 159 g/mol. The standard InChI is InChI=1S/C6H9NO4/c1-3(6(10)11)7-5(9)4(2)8/h3H,1-2H3,(H,7,9)(H,10,11). The Bertz CT molecular complexity index is 199. The number of carbonyl (C=O) groups is 3. The first-order valence-corrected chi connectivity index (χ1v) is 2.99. The van der Waals surface area contributed by atoms with Crippen molar-refractivity contribution in [3.63, 3.8) is 0 Å². The molecule has 0 radical (unpaired) electrons. The number of rotatable bonds is 3. The number of hydrogen-bond acceptors (Lipinski definition) is 3. The summed E-state index contributed by atoms with van der Waals surface area (Å²) < 4.78 is 0. The smallest absolute Gasteiger partial charge is 0.325 e. The van der Waals surface area contributed by atoms with E-state index in [1.165, 1.54) is 6.92 Å². The van der Waals surface area contributed by atoms with E-state index in [2.05, 4.69) is 0 Å². The van der Waals surface area contributed by atoms with E-state index in [0.29, 0.717) is 0 Å². The highest BCUT2D eigenvalue weighted by atomic mass is 16.4. The Labute approximate surface area is 63.4 Å². The maximum absolute atomic E-state index is 10.5. The SMILES string of the molecule is CC(=O)C(=O)NC(C)C(=O)O. The summed E-state index contributed by atoms with van der Waals surface area (Å²) in [7, 11) is 0. The highest BCUT2D eigenvalue weighted by Gasteiger charge is 2.15. The van der Waals surface area contributed by atoms with Crippen molar-refractivity contribution in [2.45, 2.75) is 19.9 Å². The summed E-state index contributed by atoms with van der Waals surface area (Å²) in [4.78, 5) is 31.0. The molecule has 0 aromatic carbocycles. The molecule has 11 heavy (non-hydrogen) atoms. The predicted molar refractivity (Wildman–Crippen MR) is 35.9 cm³/mol. The Morgan fingerprint density at radius 1 is 1.36 bits per heavy atom. The van der Waals surface area contributed by atoms with Gasteiger partial charge in [-0.05, 0) is 6.92 Å². The maximum atomic E-state index is 10.5. The van der Waals surface area contributed by atoms with Crippen LogP contribution in [-0.2, 0) is 14.4 Å². The number of carboxylic acid groups (broad SMARTS) is 1.